The summed E-state index contributed by atoms with van der Waals surface area (Å²) in [7, 11) is 0. The van der Waals surface area contributed by atoms with E-state index >= 15 is 0 Å². The summed E-state index contributed by atoms with van der Waals surface area (Å²) in [6.07, 6.45) is 3.84. The highest BCUT2D eigenvalue weighted by Crippen LogP contribution is 2.30. The molecule has 3 heterocycles. The zero-order valence-corrected chi connectivity index (χ0v) is 16.7. The fourth-order valence-electron chi connectivity index (χ4n) is 3.78. The minimum Gasteiger partial charge on any atom is -0.454 e. The standard InChI is InChI=1S/C22H22FN7O/c23-17-9-15(3-6-20(17)31-16-4-5-18-14(8-16)12-26-30-18)27-21-10-19(28-22(24)29-21)13-2-1-7-25-11-13/h3-6,8-10,12-13,25H,1-2,7,11H2,(H,26,30)(H3,24,27,28,29). The first kappa shape index (κ1) is 19.3. The maximum absolute atomic E-state index is 14.7. The molecule has 0 aliphatic carbocycles. The highest BCUT2D eigenvalue weighted by Gasteiger charge is 2.18. The minimum atomic E-state index is -0.490. The minimum absolute atomic E-state index is 0.129. The molecule has 0 saturated carbocycles. The zero-order chi connectivity index (χ0) is 21.2. The Hall–Kier alpha value is -3.72. The van der Waals surface area contributed by atoms with Crippen molar-refractivity contribution in [1.82, 2.24) is 25.5 Å². The Bertz CT molecular complexity index is 1220. The van der Waals surface area contributed by atoms with Crippen LogP contribution in [0.4, 0.5) is 21.8 Å². The number of ether oxygens (including phenoxy) is 1. The van der Waals surface area contributed by atoms with Gasteiger partial charge >= 0.3 is 0 Å². The fraction of sp³-hybridized carbons (Fsp3) is 0.227. The molecule has 31 heavy (non-hydrogen) atoms. The number of rotatable bonds is 5. The van der Waals surface area contributed by atoms with Gasteiger partial charge in [0.25, 0.3) is 0 Å². The van der Waals surface area contributed by atoms with Crippen molar-refractivity contribution < 1.29 is 9.13 Å². The van der Waals surface area contributed by atoms with Crippen molar-refractivity contribution in [2.75, 3.05) is 24.1 Å². The van der Waals surface area contributed by atoms with Crippen LogP contribution in [-0.4, -0.2) is 33.3 Å². The first-order chi connectivity index (χ1) is 15.1. The van der Waals surface area contributed by atoms with Crippen LogP contribution < -0.4 is 21.1 Å². The molecule has 1 unspecified atom stereocenters. The number of aromatic nitrogens is 4. The first-order valence-electron chi connectivity index (χ1n) is 10.2. The van der Waals surface area contributed by atoms with Crippen LogP contribution in [0.5, 0.6) is 11.5 Å². The number of H-pyrrole nitrogens is 1. The third kappa shape index (κ3) is 4.26. The van der Waals surface area contributed by atoms with Crippen LogP contribution in [0, 0.1) is 5.82 Å². The van der Waals surface area contributed by atoms with Crippen LogP contribution in [0.2, 0.25) is 0 Å². The monoisotopic (exact) mass is 419 g/mol. The van der Waals surface area contributed by atoms with Gasteiger partial charge in [0.1, 0.15) is 11.6 Å². The van der Waals surface area contributed by atoms with Crippen molar-refractivity contribution in [3.05, 3.63) is 60.2 Å². The van der Waals surface area contributed by atoms with Crippen LogP contribution in [0.25, 0.3) is 10.9 Å². The van der Waals surface area contributed by atoms with E-state index in [0.717, 1.165) is 42.5 Å². The molecular formula is C22H22FN7O. The molecule has 2 aromatic carbocycles. The van der Waals surface area contributed by atoms with E-state index in [1.54, 1.807) is 30.5 Å². The summed E-state index contributed by atoms with van der Waals surface area (Å²) in [6.45, 7) is 1.88. The Labute approximate surface area is 178 Å². The SMILES string of the molecule is Nc1nc(Nc2ccc(Oc3ccc4[nH]ncc4c3)c(F)c2)cc(C2CCCNC2)n1. The predicted octanol–water partition coefficient (Wildman–Crippen LogP) is 4.08. The molecule has 4 aromatic rings. The molecule has 1 aliphatic rings. The van der Waals surface area contributed by atoms with Gasteiger partial charge in [-0.3, -0.25) is 5.10 Å². The van der Waals surface area contributed by atoms with Gasteiger partial charge in [-0.25, -0.2) is 9.37 Å². The van der Waals surface area contributed by atoms with E-state index in [0.29, 0.717) is 23.2 Å². The number of hydrogen-bond donors (Lipinski definition) is 4. The number of piperidine rings is 1. The van der Waals surface area contributed by atoms with E-state index in [4.69, 9.17) is 10.5 Å². The number of nitrogens with two attached hydrogens (primary N) is 1. The number of nitrogen functional groups attached to an aromatic ring is 1. The van der Waals surface area contributed by atoms with Crippen molar-refractivity contribution in [2.24, 2.45) is 0 Å². The number of aromatic amines is 1. The average Bonchev–Trinajstić information content (AvgIpc) is 3.24. The van der Waals surface area contributed by atoms with E-state index in [1.165, 1.54) is 6.07 Å². The molecule has 0 radical (unpaired) electrons. The summed E-state index contributed by atoms with van der Waals surface area (Å²) >= 11 is 0. The van der Waals surface area contributed by atoms with Crippen LogP contribution >= 0.6 is 0 Å². The summed E-state index contributed by atoms with van der Waals surface area (Å²) in [5.74, 6) is 1.19. The second kappa shape index (κ2) is 8.19. The smallest absolute Gasteiger partial charge is 0.222 e. The first-order valence-corrected chi connectivity index (χ1v) is 10.2. The third-order valence-corrected chi connectivity index (χ3v) is 5.32. The lowest BCUT2D eigenvalue weighted by Gasteiger charge is -2.22. The van der Waals surface area contributed by atoms with Crippen LogP contribution in [0.15, 0.2) is 48.7 Å². The van der Waals surface area contributed by atoms with Crippen molar-refractivity contribution in [1.29, 1.82) is 0 Å². The number of halogens is 1. The molecule has 0 amide bonds. The molecule has 1 fully saturated rings. The van der Waals surface area contributed by atoms with Crippen molar-refractivity contribution in [3.8, 4) is 11.5 Å². The molecule has 1 atom stereocenters. The molecular weight excluding hydrogens is 397 g/mol. The average molecular weight is 419 g/mol. The third-order valence-electron chi connectivity index (χ3n) is 5.32. The van der Waals surface area contributed by atoms with Crippen LogP contribution in [-0.2, 0) is 0 Å². The second-order valence-electron chi connectivity index (χ2n) is 7.57. The maximum Gasteiger partial charge on any atom is 0.222 e. The molecule has 8 nitrogen and oxygen atoms in total. The van der Waals surface area contributed by atoms with Gasteiger partial charge < -0.3 is 21.1 Å². The van der Waals surface area contributed by atoms with Gasteiger partial charge in [0.05, 0.1) is 17.4 Å². The van der Waals surface area contributed by atoms with E-state index in [9.17, 15) is 4.39 Å². The van der Waals surface area contributed by atoms with Gasteiger partial charge in [-0.05, 0) is 49.7 Å². The van der Waals surface area contributed by atoms with Gasteiger partial charge in [-0.2, -0.15) is 10.1 Å². The Morgan fingerprint density at radius 3 is 2.90 bits per heavy atom. The van der Waals surface area contributed by atoms with E-state index in [2.05, 4.69) is 30.8 Å². The molecule has 0 bridgehead atoms. The van der Waals surface area contributed by atoms with Crippen molar-refractivity contribution >= 4 is 28.4 Å². The molecule has 1 saturated heterocycles. The van der Waals surface area contributed by atoms with Gasteiger partial charge in [0, 0.05) is 35.7 Å². The number of nitrogens with zero attached hydrogens (tertiary/aromatic N) is 3. The quantitative estimate of drug-likeness (QED) is 0.385. The summed E-state index contributed by atoms with van der Waals surface area (Å²) in [4.78, 5) is 8.62. The Balaban J connectivity index is 1.33. The molecule has 5 N–H and O–H groups in total. The topological polar surface area (TPSA) is 114 Å². The molecule has 0 spiro atoms. The molecule has 1 aliphatic heterocycles. The van der Waals surface area contributed by atoms with Gasteiger partial charge in [0.15, 0.2) is 11.6 Å². The highest BCUT2D eigenvalue weighted by atomic mass is 19.1. The lowest BCUT2D eigenvalue weighted by atomic mass is 9.96. The predicted molar refractivity (Wildman–Crippen MR) is 117 cm³/mol. The molecule has 5 rings (SSSR count). The number of fused-ring (bicyclic) bond motifs is 1. The molecule has 158 valence electrons. The number of benzene rings is 2. The van der Waals surface area contributed by atoms with E-state index in [1.807, 2.05) is 12.1 Å². The zero-order valence-electron chi connectivity index (χ0n) is 16.7. The Kier molecular flexibility index (Phi) is 5.09. The summed E-state index contributed by atoms with van der Waals surface area (Å²) in [5, 5.41) is 14.2. The number of hydrogen-bond acceptors (Lipinski definition) is 7. The summed E-state index contributed by atoms with van der Waals surface area (Å²) in [6, 6.07) is 11.9. The van der Waals surface area contributed by atoms with Crippen LogP contribution in [0.1, 0.15) is 24.5 Å². The Morgan fingerprint density at radius 1 is 1.13 bits per heavy atom. The lowest BCUT2D eigenvalue weighted by molar-refractivity contribution is 0.443. The van der Waals surface area contributed by atoms with Gasteiger partial charge in [-0.1, -0.05) is 0 Å². The van der Waals surface area contributed by atoms with E-state index in [-0.39, 0.29) is 11.7 Å². The fourth-order valence-corrected chi connectivity index (χ4v) is 3.78. The largest absolute Gasteiger partial charge is 0.454 e. The number of anilines is 3. The van der Waals surface area contributed by atoms with Gasteiger partial charge in [0.2, 0.25) is 5.95 Å². The van der Waals surface area contributed by atoms with Crippen molar-refractivity contribution in [2.45, 2.75) is 18.8 Å². The molecule has 9 heteroatoms. The second-order valence-corrected chi connectivity index (χ2v) is 7.57. The summed E-state index contributed by atoms with van der Waals surface area (Å²) < 4.78 is 20.4. The van der Waals surface area contributed by atoms with E-state index < -0.39 is 5.82 Å². The van der Waals surface area contributed by atoms with Crippen LogP contribution in [0.3, 0.4) is 0 Å². The highest BCUT2D eigenvalue weighted by molar-refractivity contribution is 5.79. The summed E-state index contributed by atoms with van der Waals surface area (Å²) in [5.41, 5.74) is 8.23. The maximum atomic E-state index is 14.7. The van der Waals surface area contributed by atoms with Gasteiger partial charge in [-0.15, -0.1) is 0 Å². The number of nitrogens with one attached hydrogen (secondary N) is 3. The Morgan fingerprint density at radius 2 is 2.06 bits per heavy atom. The normalized spacial score (nSPS) is 16.4. The molecule has 2 aromatic heterocycles. The lowest BCUT2D eigenvalue weighted by Crippen LogP contribution is -2.29. The van der Waals surface area contributed by atoms with Crippen molar-refractivity contribution in [3.63, 3.8) is 0 Å².